The first-order valence-corrected chi connectivity index (χ1v) is 6.35. The van der Waals surface area contributed by atoms with E-state index < -0.39 is 5.60 Å². The van der Waals surface area contributed by atoms with Crippen LogP contribution in [0, 0.1) is 0 Å². The number of nitrogen functional groups attached to an aromatic ring is 1. The van der Waals surface area contributed by atoms with Crippen molar-refractivity contribution < 1.29 is 14.6 Å². The lowest BCUT2D eigenvalue weighted by molar-refractivity contribution is -0.123. The van der Waals surface area contributed by atoms with Crippen molar-refractivity contribution >= 4 is 11.6 Å². The molecule has 0 spiro atoms. The van der Waals surface area contributed by atoms with Crippen LogP contribution in [0.4, 0.5) is 5.69 Å². The number of nitrogens with zero attached hydrogens (tertiary/aromatic N) is 1. The average Bonchev–Trinajstić information content (AvgIpc) is 2.40. The highest BCUT2D eigenvalue weighted by atomic mass is 16.5. The van der Waals surface area contributed by atoms with E-state index in [0.717, 1.165) is 0 Å². The second-order valence-electron chi connectivity index (χ2n) is 4.87. The van der Waals surface area contributed by atoms with Crippen LogP contribution >= 0.6 is 0 Å². The third-order valence-corrected chi connectivity index (χ3v) is 3.23. The van der Waals surface area contributed by atoms with Gasteiger partial charge in [0.05, 0.1) is 23.9 Å². The van der Waals surface area contributed by atoms with E-state index in [0.29, 0.717) is 37.4 Å². The zero-order valence-electron chi connectivity index (χ0n) is 10.8. The number of aromatic nitrogens is 1. The summed E-state index contributed by atoms with van der Waals surface area (Å²) in [5, 5.41) is 12.9. The Morgan fingerprint density at radius 2 is 2.21 bits per heavy atom. The molecule has 104 valence electrons. The third-order valence-electron chi connectivity index (χ3n) is 3.23. The van der Waals surface area contributed by atoms with Gasteiger partial charge in [0.1, 0.15) is 0 Å². The molecule has 0 bridgehead atoms. The Morgan fingerprint density at radius 1 is 1.47 bits per heavy atom. The fourth-order valence-corrected chi connectivity index (χ4v) is 1.96. The first kappa shape index (κ1) is 13.8. The molecule has 0 aromatic carbocycles. The molecule has 6 nitrogen and oxygen atoms in total. The first-order valence-electron chi connectivity index (χ1n) is 6.35. The molecule has 1 aliphatic rings. The number of ether oxygens (including phenoxy) is 1. The molecule has 1 aromatic rings. The molecular weight excluding hydrogens is 246 g/mol. The second-order valence-corrected chi connectivity index (χ2v) is 4.87. The molecule has 19 heavy (non-hydrogen) atoms. The van der Waals surface area contributed by atoms with E-state index in [1.807, 2.05) is 0 Å². The molecule has 0 unspecified atom stereocenters. The van der Waals surface area contributed by atoms with E-state index in [2.05, 4.69) is 10.3 Å². The largest absolute Gasteiger partial charge is 0.397 e. The standard InChI is InChI=1S/C13H19N3O3/c14-10-1-2-11(15-8-10)7-12(17)16-9-13(18)3-5-19-6-4-13/h1-2,8,18H,3-7,9,14H2,(H,16,17). The summed E-state index contributed by atoms with van der Waals surface area (Å²) >= 11 is 0. The minimum Gasteiger partial charge on any atom is -0.397 e. The minimum absolute atomic E-state index is 0.155. The number of pyridine rings is 1. The highest BCUT2D eigenvalue weighted by molar-refractivity contribution is 5.78. The van der Waals surface area contributed by atoms with E-state index >= 15 is 0 Å². The molecule has 0 radical (unpaired) electrons. The molecule has 0 atom stereocenters. The van der Waals surface area contributed by atoms with Crippen LogP contribution in [0.1, 0.15) is 18.5 Å². The van der Waals surface area contributed by atoms with Gasteiger partial charge >= 0.3 is 0 Å². The molecule has 1 fully saturated rings. The predicted molar refractivity (Wildman–Crippen MR) is 70.4 cm³/mol. The van der Waals surface area contributed by atoms with Crippen molar-refractivity contribution in [3.8, 4) is 0 Å². The molecule has 0 saturated carbocycles. The second kappa shape index (κ2) is 5.99. The van der Waals surface area contributed by atoms with Crippen LogP contribution in [-0.4, -0.2) is 41.4 Å². The van der Waals surface area contributed by atoms with Gasteiger partial charge in [-0.1, -0.05) is 0 Å². The summed E-state index contributed by atoms with van der Waals surface area (Å²) < 4.78 is 5.18. The third kappa shape index (κ3) is 4.18. The lowest BCUT2D eigenvalue weighted by Crippen LogP contribution is -2.47. The van der Waals surface area contributed by atoms with Gasteiger partial charge in [-0.3, -0.25) is 9.78 Å². The molecule has 0 aliphatic carbocycles. The van der Waals surface area contributed by atoms with E-state index in [4.69, 9.17) is 10.5 Å². The fourth-order valence-electron chi connectivity index (χ4n) is 1.96. The Labute approximate surface area is 112 Å². The number of carbonyl (C=O) groups is 1. The van der Waals surface area contributed by atoms with Crippen LogP contribution in [0.5, 0.6) is 0 Å². The van der Waals surface area contributed by atoms with Gasteiger partial charge in [0.15, 0.2) is 0 Å². The van der Waals surface area contributed by atoms with Gasteiger partial charge in [0.2, 0.25) is 5.91 Å². The van der Waals surface area contributed by atoms with Gasteiger partial charge in [-0.25, -0.2) is 0 Å². The van der Waals surface area contributed by atoms with Crippen LogP contribution in [-0.2, 0) is 16.0 Å². The van der Waals surface area contributed by atoms with E-state index in [1.54, 1.807) is 12.1 Å². The lowest BCUT2D eigenvalue weighted by Gasteiger charge is -2.32. The van der Waals surface area contributed by atoms with Crippen LogP contribution in [0.25, 0.3) is 0 Å². The maximum atomic E-state index is 11.8. The van der Waals surface area contributed by atoms with Crippen molar-refractivity contribution in [2.75, 3.05) is 25.5 Å². The number of hydrogen-bond acceptors (Lipinski definition) is 5. The van der Waals surface area contributed by atoms with Crippen LogP contribution in [0.15, 0.2) is 18.3 Å². The molecule has 1 aromatic heterocycles. The molecule has 1 saturated heterocycles. The predicted octanol–water partition coefficient (Wildman–Crippen LogP) is -0.136. The van der Waals surface area contributed by atoms with Gasteiger partial charge in [0, 0.05) is 38.3 Å². The fraction of sp³-hybridized carbons (Fsp3) is 0.538. The van der Waals surface area contributed by atoms with Crippen molar-refractivity contribution in [3.05, 3.63) is 24.0 Å². The normalized spacial score (nSPS) is 17.9. The lowest BCUT2D eigenvalue weighted by atomic mass is 9.94. The van der Waals surface area contributed by atoms with Gasteiger partial charge < -0.3 is 20.9 Å². The van der Waals surface area contributed by atoms with Crippen molar-refractivity contribution in [1.82, 2.24) is 10.3 Å². The maximum absolute atomic E-state index is 11.8. The van der Waals surface area contributed by atoms with Crippen molar-refractivity contribution in [2.45, 2.75) is 24.9 Å². The number of anilines is 1. The minimum atomic E-state index is -0.845. The van der Waals surface area contributed by atoms with Crippen LogP contribution in [0.2, 0.25) is 0 Å². The molecule has 2 rings (SSSR count). The zero-order chi connectivity index (χ0) is 13.7. The molecule has 2 heterocycles. The monoisotopic (exact) mass is 265 g/mol. The van der Waals surface area contributed by atoms with E-state index in [-0.39, 0.29) is 18.9 Å². The zero-order valence-corrected chi connectivity index (χ0v) is 10.8. The molecular formula is C13H19N3O3. The number of amides is 1. The van der Waals surface area contributed by atoms with Crippen LogP contribution < -0.4 is 11.1 Å². The quantitative estimate of drug-likeness (QED) is 0.704. The topological polar surface area (TPSA) is 97.5 Å². The van der Waals surface area contributed by atoms with Crippen molar-refractivity contribution in [2.24, 2.45) is 0 Å². The summed E-state index contributed by atoms with van der Waals surface area (Å²) in [6.45, 7) is 1.32. The Kier molecular flexibility index (Phi) is 4.34. The molecule has 1 amide bonds. The van der Waals surface area contributed by atoms with Crippen molar-refractivity contribution in [1.29, 1.82) is 0 Å². The summed E-state index contributed by atoms with van der Waals surface area (Å²) in [7, 11) is 0. The van der Waals surface area contributed by atoms with Gasteiger partial charge in [-0.15, -0.1) is 0 Å². The van der Waals surface area contributed by atoms with Gasteiger partial charge in [0.25, 0.3) is 0 Å². The number of nitrogens with one attached hydrogen (secondary N) is 1. The Morgan fingerprint density at radius 3 is 2.84 bits per heavy atom. The number of carbonyl (C=O) groups excluding carboxylic acids is 1. The maximum Gasteiger partial charge on any atom is 0.226 e. The Hall–Kier alpha value is -1.66. The number of rotatable bonds is 4. The first-order chi connectivity index (χ1) is 9.07. The van der Waals surface area contributed by atoms with Crippen molar-refractivity contribution in [3.63, 3.8) is 0 Å². The summed E-state index contributed by atoms with van der Waals surface area (Å²) in [6.07, 6.45) is 2.81. The SMILES string of the molecule is Nc1ccc(CC(=O)NCC2(O)CCOCC2)nc1. The summed E-state index contributed by atoms with van der Waals surface area (Å²) in [5.41, 5.74) is 5.91. The van der Waals surface area contributed by atoms with Gasteiger partial charge in [-0.2, -0.15) is 0 Å². The molecule has 4 N–H and O–H groups in total. The Balaban J connectivity index is 1.79. The average molecular weight is 265 g/mol. The number of nitrogens with two attached hydrogens (primary N) is 1. The highest BCUT2D eigenvalue weighted by Gasteiger charge is 2.30. The molecule has 1 aliphatic heterocycles. The van der Waals surface area contributed by atoms with E-state index in [9.17, 15) is 9.90 Å². The summed E-state index contributed by atoms with van der Waals surface area (Å²) in [4.78, 5) is 15.8. The number of hydrogen-bond donors (Lipinski definition) is 3. The Bertz CT molecular complexity index is 427. The highest BCUT2D eigenvalue weighted by Crippen LogP contribution is 2.19. The van der Waals surface area contributed by atoms with Crippen LogP contribution in [0.3, 0.4) is 0 Å². The smallest absolute Gasteiger partial charge is 0.226 e. The molecule has 6 heteroatoms. The summed E-state index contributed by atoms with van der Waals surface area (Å²) in [5.74, 6) is -0.155. The number of aliphatic hydroxyl groups is 1. The summed E-state index contributed by atoms with van der Waals surface area (Å²) in [6, 6.07) is 3.43. The van der Waals surface area contributed by atoms with E-state index in [1.165, 1.54) is 6.20 Å². The van der Waals surface area contributed by atoms with Gasteiger partial charge in [-0.05, 0) is 12.1 Å².